The van der Waals surface area contributed by atoms with Crippen molar-refractivity contribution in [2.24, 2.45) is 0 Å². The first-order chi connectivity index (χ1) is 12.9. The van der Waals surface area contributed by atoms with Crippen LogP contribution in [0.15, 0.2) is 47.2 Å². The zero-order valence-corrected chi connectivity index (χ0v) is 17.4. The molecule has 1 aromatic carbocycles. The Balaban J connectivity index is 0. The SMILES string of the molecule is CC.CC.CC.c1ccc(OCCOCCCOCc2ccon2)cc1. The summed E-state index contributed by atoms with van der Waals surface area (Å²) < 4.78 is 21.1. The molecule has 5 nitrogen and oxygen atoms in total. The third-order valence-corrected chi connectivity index (χ3v) is 2.56. The number of hydrogen-bond donors (Lipinski definition) is 0. The van der Waals surface area contributed by atoms with Crippen molar-refractivity contribution in [3.63, 3.8) is 0 Å². The monoisotopic (exact) mass is 367 g/mol. The highest BCUT2D eigenvalue weighted by Crippen LogP contribution is 2.07. The minimum atomic E-state index is 0.480. The van der Waals surface area contributed by atoms with Gasteiger partial charge in [-0.05, 0) is 18.6 Å². The van der Waals surface area contributed by atoms with E-state index in [-0.39, 0.29) is 0 Å². The molecule has 0 fully saturated rings. The van der Waals surface area contributed by atoms with Crippen LogP contribution in [-0.2, 0) is 16.1 Å². The number of aromatic nitrogens is 1. The summed E-state index contributed by atoms with van der Waals surface area (Å²) >= 11 is 0. The van der Waals surface area contributed by atoms with E-state index in [1.54, 1.807) is 6.07 Å². The molecule has 2 aromatic rings. The minimum absolute atomic E-state index is 0.480. The van der Waals surface area contributed by atoms with Crippen LogP contribution in [0.5, 0.6) is 5.75 Å². The van der Waals surface area contributed by atoms with Crippen LogP contribution in [0.2, 0.25) is 0 Å². The molecule has 0 aliphatic carbocycles. The van der Waals surface area contributed by atoms with Gasteiger partial charge in [-0.25, -0.2) is 0 Å². The molecule has 0 bridgehead atoms. The molecule has 1 heterocycles. The normalized spacial score (nSPS) is 8.85. The third-order valence-electron chi connectivity index (χ3n) is 2.56. The third kappa shape index (κ3) is 15.7. The number of hydrogen-bond acceptors (Lipinski definition) is 5. The van der Waals surface area contributed by atoms with Gasteiger partial charge in [0.15, 0.2) is 0 Å². The van der Waals surface area contributed by atoms with Gasteiger partial charge < -0.3 is 18.7 Å². The molecule has 0 saturated heterocycles. The van der Waals surface area contributed by atoms with Crippen molar-refractivity contribution >= 4 is 0 Å². The van der Waals surface area contributed by atoms with Gasteiger partial charge in [0.05, 0.1) is 13.2 Å². The van der Waals surface area contributed by atoms with E-state index in [1.165, 1.54) is 6.26 Å². The van der Waals surface area contributed by atoms with Crippen molar-refractivity contribution in [2.75, 3.05) is 26.4 Å². The summed E-state index contributed by atoms with van der Waals surface area (Å²) in [6, 6.07) is 11.5. The first kappa shape index (κ1) is 26.4. The van der Waals surface area contributed by atoms with Gasteiger partial charge in [-0.1, -0.05) is 64.9 Å². The molecule has 0 atom stereocenters. The molecule has 0 aliphatic rings. The van der Waals surface area contributed by atoms with E-state index < -0.39 is 0 Å². The number of benzene rings is 1. The number of para-hydroxylation sites is 1. The number of nitrogens with zero attached hydrogens (tertiary/aromatic N) is 1. The average Bonchev–Trinajstić information content (AvgIpc) is 3.26. The second kappa shape index (κ2) is 23.1. The average molecular weight is 368 g/mol. The van der Waals surface area contributed by atoms with E-state index in [1.807, 2.05) is 71.9 Å². The lowest BCUT2D eigenvalue weighted by molar-refractivity contribution is 0.0617. The summed E-state index contributed by atoms with van der Waals surface area (Å²) in [4.78, 5) is 0. The molecular formula is C21H37NO4. The van der Waals surface area contributed by atoms with Crippen LogP contribution in [0.4, 0.5) is 0 Å². The van der Waals surface area contributed by atoms with Gasteiger partial charge in [0.1, 0.15) is 24.3 Å². The fourth-order valence-corrected chi connectivity index (χ4v) is 1.59. The van der Waals surface area contributed by atoms with E-state index in [0.29, 0.717) is 33.0 Å². The van der Waals surface area contributed by atoms with Crippen molar-refractivity contribution in [1.29, 1.82) is 0 Å². The lowest BCUT2D eigenvalue weighted by atomic mass is 10.3. The zero-order chi connectivity index (χ0) is 19.9. The Bertz CT molecular complexity index is 446. The fraction of sp³-hybridized carbons (Fsp3) is 0.571. The number of ether oxygens (including phenoxy) is 3. The van der Waals surface area contributed by atoms with Crippen molar-refractivity contribution in [3.05, 3.63) is 48.4 Å². The summed E-state index contributed by atoms with van der Waals surface area (Å²) in [5.74, 6) is 0.868. The van der Waals surface area contributed by atoms with Gasteiger partial charge in [-0.3, -0.25) is 0 Å². The Morgan fingerprint density at radius 1 is 0.769 bits per heavy atom. The first-order valence-electron chi connectivity index (χ1n) is 9.68. The number of rotatable bonds is 10. The highest BCUT2D eigenvalue weighted by molar-refractivity contribution is 5.20. The molecule has 0 amide bonds. The van der Waals surface area contributed by atoms with Crippen LogP contribution in [0.25, 0.3) is 0 Å². The Morgan fingerprint density at radius 3 is 2.04 bits per heavy atom. The Kier molecular flexibility index (Phi) is 23.5. The Morgan fingerprint density at radius 2 is 1.42 bits per heavy atom. The van der Waals surface area contributed by atoms with Crippen LogP contribution in [0.1, 0.15) is 53.7 Å². The van der Waals surface area contributed by atoms with Gasteiger partial charge in [0.2, 0.25) is 0 Å². The lowest BCUT2D eigenvalue weighted by Gasteiger charge is -2.07. The largest absolute Gasteiger partial charge is 0.491 e. The van der Waals surface area contributed by atoms with Crippen LogP contribution < -0.4 is 4.74 Å². The Labute approximate surface area is 159 Å². The van der Waals surface area contributed by atoms with Gasteiger partial charge in [-0.15, -0.1) is 0 Å². The van der Waals surface area contributed by atoms with E-state index >= 15 is 0 Å². The van der Waals surface area contributed by atoms with E-state index in [0.717, 1.165) is 17.9 Å². The van der Waals surface area contributed by atoms with Crippen molar-refractivity contribution < 1.29 is 18.7 Å². The smallest absolute Gasteiger partial charge is 0.124 e. The molecule has 0 aliphatic heterocycles. The molecule has 0 radical (unpaired) electrons. The molecule has 1 aromatic heterocycles. The highest BCUT2D eigenvalue weighted by atomic mass is 16.5. The molecule has 2 rings (SSSR count). The second-order valence-electron chi connectivity index (χ2n) is 4.17. The maximum absolute atomic E-state index is 5.51. The predicted octanol–water partition coefficient (Wildman–Crippen LogP) is 5.76. The topological polar surface area (TPSA) is 53.7 Å². The molecule has 0 N–H and O–H groups in total. The van der Waals surface area contributed by atoms with E-state index in [9.17, 15) is 0 Å². The van der Waals surface area contributed by atoms with Gasteiger partial charge >= 0.3 is 0 Å². The quantitative estimate of drug-likeness (QED) is 0.500. The summed E-state index contributed by atoms with van der Waals surface area (Å²) in [6.07, 6.45) is 2.39. The van der Waals surface area contributed by atoms with Crippen LogP contribution in [0.3, 0.4) is 0 Å². The van der Waals surface area contributed by atoms with Crippen LogP contribution in [0, 0.1) is 0 Å². The molecule has 26 heavy (non-hydrogen) atoms. The predicted molar refractivity (Wildman–Crippen MR) is 108 cm³/mol. The van der Waals surface area contributed by atoms with Crippen molar-refractivity contribution in [1.82, 2.24) is 5.16 Å². The summed E-state index contributed by atoms with van der Waals surface area (Å²) in [7, 11) is 0. The van der Waals surface area contributed by atoms with Crippen LogP contribution in [-0.4, -0.2) is 31.6 Å². The van der Waals surface area contributed by atoms with Gasteiger partial charge in [0, 0.05) is 19.3 Å². The van der Waals surface area contributed by atoms with Crippen molar-refractivity contribution in [2.45, 2.75) is 54.6 Å². The zero-order valence-electron chi connectivity index (χ0n) is 17.4. The first-order valence-corrected chi connectivity index (χ1v) is 9.68. The fourth-order valence-electron chi connectivity index (χ4n) is 1.59. The van der Waals surface area contributed by atoms with Gasteiger partial charge in [0.25, 0.3) is 0 Å². The van der Waals surface area contributed by atoms with Gasteiger partial charge in [-0.2, -0.15) is 0 Å². The van der Waals surface area contributed by atoms with Crippen LogP contribution >= 0.6 is 0 Å². The molecule has 5 heteroatoms. The summed E-state index contributed by atoms with van der Waals surface area (Å²) in [5.41, 5.74) is 0.808. The van der Waals surface area contributed by atoms with E-state index in [4.69, 9.17) is 18.7 Å². The molecule has 0 spiro atoms. The van der Waals surface area contributed by atoms with E-state index in [2.05, 4.69) is 5.16 Å². The standard InChI is InChI=1S/C15H19NO4.3C2H6/c1-2-5-15(6-3-1)19-12-11-17-8-4-9-18-13-14-7-10-20-16-14;3*1-2/h1-3,5-7,10H,4,8-9,11-13H2;3*1-2H3. The maximum atomic E-state index is 5.51. The highest BCUT2D eigenvalue weighted by Gasteiger charge is 1.96. The molecule has 0 unspecified atom stereocenters. The maximum Gasteiger partial charge on any atom is 0.124 e. The molecular weight excluding hydrogens is 330 g/mol. The lowest BCUT2D eigenvalue weighted by Crippen LogP contribution is -2.08. The molecule has 150 valence electrons. The Hall–Kier alpha value is -1.85. The molecule has 0 saturated carbocycles. The van der Waals surface area contributed by atoms with Crippen molar-refractivity contribution in [3.8, 4) is 5.75 Å². The summed E-state index contributed by atoms with van der Waals surface area (Å²) in [6.45, 7) is 14.9. The summed E-state index contributed by atoms with van der Waals surface area (Å²) in [5, 5.41) is 3.76. The second-order valence-corrected chi connectivity index (χ2v) is 4.17. The minimum Gasteiger partial charge on any atom is -0.491 e.